The van der Waals surface area contributed by atoms with Gasteiger partial charge in [-0.05, 0) is 42.5 Å². The zero-order chi connectivity index (χ0) is 14.8. The molecule has 0 bridgehead atoms. The molecule has 0 spiro atoms. The van der Waals surface area contributed by atoms with E-state index in [1.54, 1.807) is 7.11 Å². The van der Waals surface area contributed by atoms with Crippen LogP contribution in [0, 0.1) is 0 Å². The molecule has 2 aromatic rings. The summed E-state index contributed by atoms with van der Waals surface area (Å²) in [6.07, 6.45) is 7.24. The summed E-state index contributed by atoms with van der Waals surface area (Å²) in [6.45, 7) is 2.15. The third-order valence-corrected chi connectivity index (χ3v) is 4.32. The van der Waals surface area contributed by atoms with Crippen LogP contribution >= 0.6 is 0 Å². The lowest BCUT2D eigenvalue weighted by atomic mass is 9.85. The fraction of sp³-hybridized carbons (Fsp3) is 0.471. The molecule has 1 N–H and O–H groups in total. The number of aliphatic hydroxyl groups excluding tert-OH is 1. The molecule has 0 aliphatic heterocycles. The number of rotatable bonds is 4. The van der Waals surface area contributed by atoms with Gasteiger partial charge in [0, 0.05) is 18.8 Å². The van der Waals surface area contributed by atoms with Crippen molar-refractivity contribution in [1.82, 2.24) is 9.55 Å². The lowest BCUT2D eigenvalue weighted by molar-refractivity contribution is 0.0971. The number of fused-ring (bicyclic) bond motifs is 1. The first-order chi connectivity index (χ1) is 10.2. The Morgan fingerprint density at radius 1 is 1.43 bits per heavy atom. The molecule has 1 aliphatic carbocycles. The van der Waals surface area contributed by atoms with E-state index >= 15 is 0 Å². The van der Waals surface area contributed by atoms with Crippen LogP contribution in [0.15, 0.2) is 30.6 Å². The van der Waals surface area contributed by atoms with E-state index in [9.17, 15) is 5.11 Å². The van der Waals surface area contributed by atoms with Crippen LogP contribution in [0.25, 0.3) is 0 Å². The number of hydrogen-bond acceptors (Lipinski definition) is 3. The Bertz CT molecular complexity index is 621. The van der Waals surface area contributed by atoms with Gasteiger partial charge in [-0.1, -0.05) is 13.0 Å². The second-order valence-corrected chi connectivity index (χ2v) is 5.62. The second-order valence-electron chi connectivity index (χ2n) is 5.62. The zero-order valence-electron chi connectivity index (χ0n) is 12.6. The van der Waals surface area contributed by atoms with Crippen molar-refractivity contribution in [1.29, 1.82) is 0 Å². The fourth-order valence-corrected chi connectivity index (χ4v) is 3.24. The maximum Gasteiger partial charge on any atom is 0.119 e. The highest BCUT2D eigenvalue weighted by atomic mass is 16.5. The highest BCUT2D eigenvalue weighted by Gasteiger charge is 2.30. The van der Waals surface area contributed by atoms with Crippen LogP contribution in [-0.4, -0.2) is 21.8 Å². The van der Waals surface area contributed by atoms with Crippen LogP contribution in [0.2, 0.25) is 0 Å². The third kappa shape index (κ3) is 2.56. The number of aromatic nitrogens is 2. The number of methoxy groups -OCH3 is 1. The minimum absolute atomic E-state index is 0.0787. The van der Waals surface area contributed by atoms with Gasteiger partial charge in [0.1, 0.15) is 11.6 Å². The van der Waals surface area contributed by atoms with Gasteiger partial charge in [0.15, 0.2) is 0 Å². The van der Waals surface area contributed by atoms with Crippen molar-refractivity contribution in [2.75, 3.05) is 7.11 Å². The van der Waals surface area contributed by atoms with E-state index in [1.807, 2.05) is 30.6 Å². The zero-order valence-corrected chi connectivity index (χ0v) is 12.6. The predicted octanol–water partition coefficient (Wildman–Crippen LogP) is 3.07. The second kappa shape index (κ2) is 5.90. The Balaban J connectivity index is 1.91. The van der Waals surface area contributed by atoms with E-state index in [4.69, 9.17) is 4.74 Å². The summed E-state index contributed by atoms with van der Waals surface area (Å²) in [5, 5.41) is 10.8. The highest BCUT2D eigenvalue weighted by molar-refractivity contribution is 5.39. The summed E-state index contributed by atoms with van der Waals surface area (Å²) in [7, 11) is 1.67. The van der Waals surface area contributed by atoms with Crippen molar-refractivity contribution in [3.05, 3.63) is 47.5 Å². The van der Waals surface area contributed by atoms with E-state index in [0.717, 1.165) is 42.8 Å². The number of hydrogen-bond donors (Lipinski definition) is 1. The number of aliphatic hydroxyl groups is 1. The Hall–Kier alpha value is -1.81. The number of imidazole rings is 1. The molecular formula is C17H22N2O2. The average molecular weight is 286 g/mol. The van der Waals surface area contributed by atoms with Gasteiger partial charge < -0.3 is 14.4 Å². The van der Waals surface area contributed by atoms with Crippen LogP contribution in [0.5, 0.6) is 5.75 Å². The molecule has 21 heavy (non-hydrogen) atoms. The van der Waals surface area contributed by atoms with E-state index in [0.29, 0.717) is 0 Å². The van der Waals surface area contributed by atoms with E-state index in [2.05, 4.69) is 16.5 Å². The first-order valence-corrected chi connectivity index (χ1v) is 7.61. The molecule has 2 unspecified atom stereocenters. The Morgan fingerprint density at radius 2 is 2.29 bits per heavy atom. The minimum atomic E-state index is -0.482. The molecule has 1 heterocycles. The van der Waals surface area contributed by atoms with Crippen molar-refractivity contribution in [3.8, 4) is 5.75 Å². The number of ether oxygens (including phenoxy) is 1. The van der Waals surface area contributed by atoms with Crippen LogP contribution in [0.1, 0.15) is 48.9 Å². The molecule has 0 saturated heterocycles. The number of benzene rings is 1. The van der Waals surface area contributed by atoms with E-state index in [-0.39, 0.29) is 6.04 Å². The quantitative estimate of drug-likeness (QED) is 0.939. The predicted molar refractivity (Wildman–Crippen MR) is 81.5 cm³/mol. The van der Waals surface area contributed by atoms with E-state index < -0.39 is 6.10 Å². The van der Waals surface area contributed by atoms with Crippen molar-refractivity contribution in [3.63, 3.8) is 0 Å². The SMILES string of the molecule is CCCc1nccn1C1CCc2cc(OC)ccc2C1O. The van der Waals surface area contributed by atoms with Gasteiger partial charge in [-0.15, -0.1) is 0 Å². The summed E-state index contributed by atoms with van der Waals surface area (Å²) >= 11 is 0. The first kappa shape index (κ1) is 14.1. The van der Waals surface area contributed by atoms with Crippen LogP contribution in [-0.2, 0) is 12.8 Å². The molecule has 1 aromatic carbocycles. The Labute approximate surface area is 125 Å². The minimum Gasteiger partial charge on any atom is -0.497 e. The van der Waals surface area contributed by atoms with Crippen molar-refractivity contribution in [2.45, 2.75) is 44.8 Å². The monoisotopic (exact) mass is 286 g/mol. The summed E-state index contributed by atoms with van der Waals surface area (Å²) < 4.78 is 7.42. The fourth-order valence-electron chi connectivity index (χ4n) is 3.24. The molecule has 0 amide bonds. The van der Waals surface area contributed by atoms with E-state index in [1.165, 1.54) is 5.56 Å². The summed E-state index contributed by atoms with van der Waals surface area (Å²) in [4.78, 5) is 4.43. The van der Waals surface area contributed by atoms with Crippen molar-refractivity contribution < 1.29 is 9.84 Å². The van der Waals surface area contributed by atoms with Crippen molar-refractivity contribution in [2.24, 2.45) is 0 Å². The molecule has 3 rings (SSSR count). The Kier molecular flexibility index (Phi) is 3.97. The Morgan fingerprint density at radius 3 is 3.05 bits per heavy atom. The lowest BCUT2D eigenvalue weighted by Gasteiger charge is -2.32. The smallest absolute Gasteiger partial charge is 0.119 e. The summed E-state index contributed by atoms with van der Waals surface area (Å²) in [6, 6.07) is 6.03. The van der Waals surface area contributed by atoms with Gasteiger partial charge in [-0.25, -0.2) is 4.98 Å². The molecule has 4 heteroatoms. The maximum absolute atomic E-state index is 10.8. The van der Waals surface area contributed by atoms with Gasteiger partial charge in [0.05, 0.1) is 19.3 Å². The molecule has 1 aliphatic rings. The van der Waals surface area contributed by atoms with Gasteiger partial charge in [0.25, 0.3) is 0 Å². The molecule has 112 valence electrons. The molecule has 0 fully saturated rings. The van der Waals surface area contributed by atoms with Gasteiger partial charge in [-0.2, -0.15) is 0 Å². The molecule has 0 saturated carbocycles. The first-order valence-electron chi connectivity index (χ1n) is 7.61. The topological polar surface area (TPSA) is 47.3 Å². The molecular weight excluding hydrogens is 264 g/mol. The normalized spacial score (nSPS) is 21.1. The van der Waals surface area contributed by atoms with Gasteiger partial charge in [0.2, 0.25) is 0 Å². The van der Waals surface area contributed by atoms with Crippen LogP contribution in [0.4, 0.5) is 0 Å². The van der Waals surface area contributed by atoms with Gasteiger partial charge >= 0.3 is 0 Å². The highest BCUT2D eigenvalue weighted by Crippen LogP contribution is 2.39. The number of nitrogens with zero attached hydrogens (tertiary/aromatic N) is 2. The average Bonchev–Trinajstić information content (AvgIpc) is 2.96. The summed E-state index contributed by atoms with van der Waals surface area (Å²) in [5.41, 5.74) is 2.21. The third-order valence-electron chi connectivity index (χ3n) is 4.32. The maximum atomic E-state index is 10.8. The summed E-state index contributed by atoms with van der Waals surface area (Å²) in [5.74, 6) is 1.92. The molecule has 0 radical (unpaired) electrons. The van der Waals surface area contributed by atoms with Crippen molar-refractivity contribution >= 4 is 0 Å². The lowest BCUT2D eigenvalue weighted by Crippen LogP contribution is -2.25. The molecule has 2 atom stereocenters. The molecule has 1 aromatic heterocycles. The van der Waals surface area contributed by atoms with Gasteiger partial charge in [-0.3, -0.25) is 0 Å². The molecule has 4 nitrogen and oxygen atoms in total. The van der Waals surface area contributed by atoms with Crippen LogP contribution in [0.3, 0.4) is 0 Å². The largest absolute Gasteiger partial charge is 0.497 e. The number of aryl methyl sites for hydroxylation is 2. The standard InChI is InChI=1S/C17H22N2O2/c1-3-4-16-18-9-10-19(16)15-8-5-12-11-13(21-2)6-7-14(12)17(15)20/h6-7,9-11,15,17,20H,3-5,8H2,1-2H3. The van der Waals surface area contributed by atoms with Crippen LogP contribution < -0.4 is 4.74 Å².